The van der Waals surface area contributed by atoms with Crippen LogP contribution in [0.4, 0.5) is 16.4 Å². The van der Waals surface area contributed by atoms with E-state index in [0.29, 0.717) is 28.7 Å². The SMILES string of the molecule is COCC1OC(n2cnc3c(N)ncnc32)CC1OP(NC(=O)OC)OCC1OC(n2cnc3c(N)ncnc32)CC1O. The molecule has 0 saturated carbocycles. The number of rotatable bonds is 10. The summed E-state index contributed by atoms with van der Waals surface area (Å²) in [4.78, 5) is 37.2. The summed E-state index contributed by atoms with van der Waals surface area (Å²) in [6, 6.07) is 0. The van der Waals surface area contributed by atoms with Crippen LogP contribution in [-0.2, 0) is 28.0 Å². The summed E-state index contributed by atoms with van der Waals surface area (Å²) >= 11 is 0. The van der Waals surface area contributed by atoms with Gasteiger partial charge in [0.05, 0.1) is 45.2 Å². The summed E-state index contributed by atoms with van der Waals surface area (Å²) in [7, 11) is 0.691. The van der Waals surface area contributed by atoms with Crippen LogP contribution in [0.5, 0.6) is 0 Å². The number of nitrogens with zero attached hydrogens (tertiary/aromatic N) is 8. The van der Waals surface area contributed by atoms with E-state index in [1.807, 2.05) is 0 Å². The van der Waals surface area contributed by atoms with Gasteiger partial charge in [-0.05, 0) is 0 Å². The van der Waals surface area contributed by atoms with E-state index in [4.69, 9.17) is 39.5 Å². The molecule has 0 radical (unpaired) electrons. The number of carbonyl (C=O) groups excluding carboxylic acids is 1. The number of nitrogens with one attached hydrogen (secondary N) is 1. The fourth-order valence-electron chi connectivity index (χ4n) is 4.97. The lowest BCUT2D eigenvalue weighted by Crippen LogP contribution is -2.32. The summed E-state index contributed by atoms with van der Waals surface area (Å²) in [6.45, 7) is 0.0940. The van der Waals surface area contributed by atoms with Gasteiger partial charge in [-0.15, -0.1) is 0 Å². The number of hydrogen-bond donors (Lipinski definition) is 4. The first-order chi connectivity index (χ1) is 20.9. The number of aliphatic hydroxyl groups is 1. The van der Waals surface area contributed by atoms with Crippen molar-refractivity contribution in [2.24, 2.45) is 0 Å². The van der Waals surface area contributed by atoms with Crippen molar-refractivity contribution in [2.45, 2.75) is 49.7 Å². The first kappa shape index (κ1) is 29.2. The monoisotopic (exact) mass is 619 g/mol. The Labute approximate surface area is 244 Å². The molecule has 1 amide bonds. The number of hydrogen-bond acceptors (Lipinski definition) is 16. The standard InChI is InChI=1S/C23H30N11O8P/c1-37-5-14-12(4-16(41-14)34-10-31-18-20(25)27-8-29-22(18)34)42-43(32-23(36)38-2)39-6-13-11(35)3-15(40-13)33-9-30-17-19(24)26-7-28-21(17)33/h7-16,35H,3-6H2,1-2H3,(H,32,36)(H2,24,26,28)(H2,25,27,29). The van der Waals surface area contributed by atoms with Gasteiger partial charge in [0.25, 0.3) is 8.53 Å². The second kappa shape index (κ2) is 12.4. The molecule has 0 spiro atoms. The van der Waals surface area contributed by atoms with Crippen molar-refractivity contribution in [1.29, 1.82) is 0 Å². The molecule has 2 fully saturated rings. The molecule has 7 atom stereocenters. The Morgan fingerprint density at radius 1 is 0.953 bits per heavy atom. The third-order valence-corrected chi connectivity index (χ3v) is 8.28. The quantitative estimate of drug-likeness (QED) is 0.175. The smallest absolute Gasteiger partial charge is 0.413 e. The molecular weight excluding hydrogens is 589 g/mol. The van der Waals surface area contributed by atoms with Gasteiger partial charge in [0.2, 0.25) is 0 Å². The molecule has 20 heteroatoms. The maximum atomic E-state index is 12.2. The van der Waals surface area contributed by atoms with E-state index in [1.54, 1.807) is 22.6 Å². The van der Waals surface area contributed by atoms with Gasteiger partial charge >= 0.3 is 6.09 Å². The number of methoxy groups -OCH3 is 2. The Balaban J connectivity index is 1.14. The lowest BCUT2D eigenvalue weighted by molar-refractivity contribution is -0.0529. The van der Waals surface area contributed by atoms with Crippen molar-refractivity contribution in [3.63, 3.8) is 0 Å². The van der Waals surface area contributed by atoms with E-state index >= 15 is 0 Å². The molecule has 43 heavy (non-hydrogen) atoms. The Morgan fingerprint density at radius 3 is 2.16 bits per heavy atom. The second-order valence-corrected chi connectivity index (χ2v) is 10.9. The first-order valence-electron chi connectivity index (χ1n) is 13.1. The van der Waals surface area contributed by atoms with E-state index < -0.39 is 51.5 Å². The zero-order chi connectivity index (χ0) is 30.1. The minimum absolute atomic E-state index is 0.106. The lowest BCUT2D eigenvalue weighted by atomic mass is 10.2. The van der Waals surface area contributed by atoms with Crippen LogP contribution in [-0.4, -0.2) is 102 Å². The molecule has 19 nitrogen and oxygen atoms in total. The molecular formula is C23H30N11O8P. The van der Waals surface area contributed by atoms with Crippen LogP contribution in [0, 0.1) is 0 Å². The molecule has 4 aromatic rings. The molecule has 4 aromatic heterocycles. The molecule has 0 bridgehead atoms. The number of fused-ring (bicyclic) bond motifs is 2. The van der Waals surface area contributed by atoms with Crippen molar-refractivity contribution < 1.29 is 37.9 Å². The summed E-state index contributed by atoms with van der Waals surface area (Å²) in [5, 5.41) is 13.3. The summed E-state index contributed by atoms with van der Waals surface area (Å²) in [5.41, 5.74) is 13.7. The third kappa shape index (κ3) is 5.87. The molecule has 6 heterocycles. The average Bonchev–Trinajstić information content (AvgIpc) is 3.78. The highest BCUT2D eigenvalue weighted by Gasteiger charge is 2.41. The van der Waals surface area contributed by atoms with Gasteiger partial charge in [-0.2, -0.15) is 0 Å². The predicted octanol–water partition coefficient (Wildman–Crippen LogP) is 0.398. The number of imidazole rings is 2. The van der Waals surface area contributed by atoms with Crippen LogP contribution in [0.25, 0.3) is 22.3 Å². The van der Waals surface area contributed by atoms with Crippen LogP contribution in [0.2, 0.25) is 0 Å². The molecule has 0 aromatic carbocycles. The van der Waals surface area contributed by atoms with Gasteiger partial charge in [0.15, 0.2) is 22.9 Å². The van der Waals surface area contributed by atoms with Crippen LogP contribution >= 0.6 is 8.53 Å². The maximum Gasteiger partial charge on any atom is 0.413 e. The Kier molecular flexibility index (Phi) is 8.44. The molecule has 2 saturated heterocycles. The van der Waals surface area contributed by atoms with E-state index in [1.165, 1.54) is 26.1 Å². The summed E-state index contributed by atoms with van der Waals surface area (Å²) in [6.07, 6.45) is 1.76. The highest BCUT2D eigenvalue weighted by atomic mass is 31.2. The Bertz CT molecular complexity index is 1590. The minimum Gasteiger partial charge on any atom is -0.453 e. The van der Waals surface area contributed by atoms with E-state index in [-0.39, 0.29) is 31.3 Å². The van der Waals surface area contributed by atoms with Crippen molar-refractivity contribution in [3.8, 4) is 0 Å². The zero-order valence-corrected chi connectivity index (χ0v) is 24.0. The van der Waals surface area contributed by atoms with Crippen LogP contribution in [0.15, 0.2) is 25.3 Å². The predicted molar refractivity (Wildman–Crippen MR) is 148 cm³/mol. The largest absolute Gasteiger partial charge is 0.453 e. The molecule has 2 aliphatic rings. The van der Waals surface area contributed by atoms with Gasteiger partial charge in [-0.1, -0.05) is 0 Å². The van der Waals surface area contributed by atoms with Crippen molar-refractivity contribution in [1.82, 2.24) is 44.1 Å². The van der Waals surface area contributed by atoms with Crippen LogP contribution in [0.1, 0.15) is 25.3 Å². The normalized spacial score (nSPS) is 26.3. The molecule has 230 valence electrons. The number of carbonyl (C=O) groups is 1. The van der Waals surface area contributed by atoms with Crippen LogP contribution in [0.3, 0.4) is 0 Å². The van der Waals surface area contributed by atoms with E-state index in [2.05, 4.69) is 35.0 Å². The Hall–Kier alpha value is -3.84. The van der Waals surface area contributed by atoms with E-state index in [9.17, 15) is 9.90 Å². The highest BCUT2D eigenvalue weighted by Crippen LogP contribution is 2.43. The second-order valence-electron chi connectivity index (χ2n) is 9.72. The molecule has 2 aliphatic heterocycles. The van der Waals surface area contributed by atoms with Gasteiger partial charge in [0.1, 0.15) is 48.4 Å². The molecule has 6 N–H and O–H groups in total. The van der Waals surface area contributed by atoms with Crippen molar-refractivity contribution >= 4 is 48.6 Å². The summed E-state index contributed by atoms with van der Waals surface area (Å²) < 4.78 is 38.0. The molecule has 6 rings (SSSR count). The highest BCUT2D eigenvalue weighted by molar-refractivity contribution is 7.45. The van der Waals surface area contributed by atoms with Gasteiger partial charge in [-0.25, -0.2) is 34.7 Å². The van der Waals surface area contributed by atoms with Gasteiger partial charge in [-0.3, -0.25) is 14.2 Å². The fraction of sp³-hybridized carbons (Fsp3) is 0.522. The van der Waals surface area contributed by atoms with E-state index in [0.717, 1.165) is 0 Å². The molecule has 0 aliphatic carbocycles. The average molecular weight is 620 g/mol. The molecule has 7 unspecified atom stereocenters. The van der Waals surface area contributed by atoms with Crippen LogP contribution < -0.4 is 16.6 Å². The number of nitrogens with two attached hydrogens (primary N) is 2. The van der Waals surface area contributed by atoms with Gasteiger partial charge < -0.3 is 44.6 Å². The van der Waals surface area contributed by atoms with Gasteiger partial charge in [0, 0.05) is 20.0 Å². The topological polar surface area (TPSA) is 244 Å². The van der Waals surface area contributed by atoms with Crippen molar-refractivity contribution in [3.05, 3.63) is 25.3 Å². The number of aromatic nitrogens is 8. The number of amides is 1. The number of aliphatic hydroxyl groups excluding tert-OH is 1. The lowest BCUT2D eigenvalue weighted by Gasteiger charge is -2.25. The number of nitrogen functional groups attached to an aromatic ring is 2. The van der Waals surface area contributed by atoms with Crippen molar-refractivity contribution in [2.75, 3.05) is 38.9 Å². The summed E-state index contributed by atoms with van der Waals surface area (Å²) in [5.74, 6) is 0.488. The first-order valence-corrected chi connectivity index (χ1v) is 14.3. The fourth-order valence-corrected chi connectivity index (χ4v) is 6.14. The number of anilines is 2. The zero-order valence-electron chi connectivity index (χ0n) is 23.1. The number of ether oxygens (including phenoxy) is 4. The Morgan fingerprint density at radius 2 is 1.56 bits per heavy atom. The minimum atomic E-state index is -2.08. The third-order valence-electron chi connectivity index (χ3n) is 7.07. The maximum absolute atomic E-state index is 12.2.